The third kappa shape index (κ3) is 2.40. The molecule has 0 saturated heterocycles. The number of rotatable bonds is 3. The van der Waals surface area contributed by atoms with Gasteiger partial charge in [-0.3, -0.25) is 0 Å². The summed E-state index contributed by atoms with van der Waals surface area (Å²) in [6.07, 6.45) is 0. The predicted octanol–water partition coefficient (Wildman–Crippen LogP) is 3.86. The van der Waals surface area contributed by atoms with Crippen LogP contribution in [0.25, 0.3) is 0 Å². The van der Waals surface area contributed by atoms with E-state index in [0.29, 0.717) is 0 Å². The van der Waals surface area contributed by atoms with E-state index in [4.69, 9.17) is 4.74 Å². The van der Waals surface area contributed by atoms with Crippen LogP contribution in [0.5, 0.6) is 5.75 Å². The fourth-order valence-electron chi connectivity index (χ4n) is 1.51. The Kier molecular flexibility index (Phi) is 3.41. The first-order valence-electron chi connectivity index (χ1n) is 5.16. The van der Waals surface area contributed by atoms with Gasteiger partial charge in [0.05, 0.1) is 7.11 Å². The fourth-order valence-corrected chi connectivity index (χ4v) is 1.51. The summed E-state index contributed by atoms with van der Waals surface area (Å²) in [7, 11) is 1.34. The third-order valence-electron chi connectivity index (χ3n) is 2.38. The molecule has 0 bridgehead atoms. The zero-order chi connectivity index (χ0) is 13.1. The summed E-state index contributed by atoms with van der Waals surface area (Å²) < 4.78 is 44.9. The number of para-hydroxylation sites is 1. The highest BCUT2D eigenvalue weighted by Crippen LogP contribution is 2.26. The van der Waals surface area contributed by atoms with Gasteiger partial charge in [-0.15, -0.1) is 0 Å². The van der Waals surface area contributed by atoms with Gasteiger partial charge in [-0.05, 0) is 24.3 Å². The SMILES string of the molecule is COc1ccc(Nc2c(F)cccc2F)cc1F. The molecule has 1 N–H and O–H groups in total. The molecule has 94 valence electrons. The van der Waals surface area contributed by atoms with Gasteiger partial charge in [-0.2, -0.15) is 0 Å². The monoisotopic (exact) mass is 253 g/mol. The Balaban J connectivity index is 2.32. The highest BCUT2D eigenvalue weighted by molar-refractivity contribution is 5.61. The molecule has 0 atom stereocenters. The van der Waals surface area contributed by atoms with Crippen molar-refractivity contribution in [2.75, 3.05) is 12.4 Å². The van der Waals surface area contributed by atoms with Gasteiger partial charge in [0.25, 0.3) is 0 Å². The van der Waals surface area contributed by atoms with Crippen LogP contribution in [0.1, 0.15) is 0 Å². The molecule has 0 radical (unpaired) electrons. The number of anilines is 2. The molecule has 0 amide bonds. The number of ether oxygens (including phenoxy) is 1. The van der Waals surface area contributed by atoms with Crippen LogP contribution in [0.15, 0.2) is 36.4 Å². The lowest BCUT2D eigenvalue weighted by molar-refractivity contribution is 0.386. The van der Waals surface area contributed by atoms with Gasteiger partial charge in [0, 0.05) is 11.8 Å². The van der Waals surface area contributed by atoms with Gasteiger partial charge in [0.2, 0.25) is 0 Å². The molecule has 0 aliphatic rings. The lowest BCUT2D eigenvalue weighted by Gasteiger charge is -2.09. The van der Waals surface area contributed by atoms with Crippen LogP contribution in [0.4, 0.5) is 24.5 Å². The molecule has 2 rings (SSSR count). The second kappa shape index (κ2) is 5.00. The van der Waals surface area contributed by atoms with E-state index >= 15 is 0 Å². The number of hydrogen-bond donors (Lipinski definition) is 1. The molecule has 0 saturated carbocycles. The van der Waals surface area contributed by atoms with E-state index < -0.39 is 17.5 Å². The Morgan fingerprint density at radius 3 is 2.17 bits per heavy atom. The summed E-state index contributed by atoms with van der Waals surface area (Å²) in [6.45, 7) is 0. The van der Waals surface area contributed by atoms with Crippen molar-refractivity contribution >= 4 is 11.4 Å². The Morgan fingerprint density at radius 2 is 1.61 bits per heavy atom. The summed E-state index contributed by atoms with van der Waals surface area (Å²) in [5.41, 5.74) is -0.0839. The van der Waals surface area contributed by atoms with Crippen molar-refractivity contribution < 1.29 is 17.9 Å². The predicted molar refractivity (Wildman–Crippen MR) is 62.6 cm³/mol. The number of hydrogen-bond acceptors (Lipinski definition) is 2. The van der Waals surface area contributed by atoms with Crippen LogP contribution < -0.4 is 10.1 Å². The van der Waals surface area contributed by atoms with Crippen molar-refractivity contribution in [1.82, 2.24) is 0 Å². The second-order valence-corrected chi connectivity index (χ2v) is 3.57. The average Bonchev–Trinajstić information content (AvgIpc) is 2.34. The Morgan fingerprint density at radius 1 is 0.944 bits per heavy atom. The maximum absolute atomic E-state index is 13.4. The molecule has 0 heterocycles. The Labute approximate surface area is 102 Å². The first-order chi connectivity index (χ1) is 8.61. The lowest BCUT2D eigenvalue weighted by atomic mass is 10.2. The van der Waals surface area contributed by atoms with Crippen LogP contribution in [0.2, 0.25) is 0 Å². The lowest BCUT2D eigenvalue weighted by Crippen LogP contribution is -1.98. The van der Waals surface area contributed by atoms with Crippen molar-refractivity contribution in [1.29, 1.82) is 0 Å². The van der Waals surface area contributed by atoms with Gasteiger partial charge >= 0.3 is 0 Å². The molecule has 0 spiro atoms. The average molecular weight is 253 g/mol. The molecule has 0 aliphatic heterocycles. The van der Waals surface area contributed by atoms with Crippen molar-refractivity contribution in [3.05, 3.63) is 53.8 Å². The molecule has 0 fully saturated rings. The largest absolute Gasteiger partial charge is 0.494 e. The Hall–Kier alpha value is -2.17. The summed E-state index contributed by atoms with van der Waals surface area (Å²) in [5, 5.41) is 2.49. The number of halogens is 3. The Bertz CT molecular complexity index is 552. The van der Waals surface area contributed by atoms with E-state index in [2.05, 4.69) is 5.32 Å². The minimum Gasteiger partial charge on any atom is -0.494 e. The van der Waals surface area contributed by atoms with Crippen LogP contribution in [-0.2, 0) is 0 Å². The molecule has 5 heteroatoms. The van der Waals surface area contributed by atoms with Gasteiger partial charge in [-0.25, -0.2) is 13.2 Å². The van der Waals surface area contributed by atoms with Crippen molar-refractivity contribution in [3.63, 3.8) is 0 Å². The zero-order valence-corrected chi connectivity index (χ0v) is 9.51. The molecule has 2 aromatic carbocycles. The molecule has 2 aromatic rings. The number of methoxy groups -OCH3 is 1. The van der Waals surface area contributed by atoms with Crippen molar-refractivity contribution in [2.24, 2.45) is 0 Å². The molecule has 0 unspecified atom stereocenters. The molecular weight excluding hydrogens is 243 g/mol. The number of benzene rings is 2. The smallest absolute Gasteiger partial charge is 0.167 e. The van der Waals surface area contributed by atoms with Gasteiger partial charge < -0.3 is 10.1 Å². The normalized spacial score (nSPS) is 10.2. The summed E-state index contributed by atoms with van der Waals surface area (Å²) in [4.78, 5) is 0. The van der Waals surface area contributed by atoms with Crippen LogP contribution in [-0.4, -0.2) is 7.11 Å². The maximum Gasteiger partial charge on any atom is 0.167 e. The summed E-state index contributed by atoms with van der Waals surface area (Å²) in [6, 6.07) is 7.43. The van der Waals surface area contributed by atoms with Crippen molar-refractivity contribution in [2.45, 2.75) is 0 Å². The van der Waals surface area contributed by atoms with Crippen LogP contribution in [0, 0.1) is 17.5 Å². The second-order valence-electron chi connectivity index (χ2n) is 3.57. The van der Waals surface area contributed by atoms with Gasteiger partial charge in [0.15, 0.2) is 11.6 Å². The topological polar surface area (TPSA) is 21.3 Å². The van der Waals surface area contributed by atoms with Crippen molar-refractivity contribution in [3.8, 4) is 5.75 Å². The quantitative estimate of drug-likeness (QED) is 0.896. The molecule has 0 aromatic heterocycles. The molecule has 2 nitrogen and oxygen atoms in total. The summed E-state index contributed by atoms with van der Waals surface area (Å²) >= 11 is 0. The maximum atomic E-state index is 13.4. The van der Waals surface area contributed by atoms with E-state index in [1.54, 1.807) is 0 Å². The molecule has 0 aliphatic carbocycles. The highest BCUT2D eigenvalue weighted by Gasteiger charge is 2.10. The minimum atomic E-state index is -0.744. The van der Waals surface area contributed by atoms with Crippen LogP contribution >= 0.6 is 0 Å². The zero-order valence-electron chi connectivity index (χ0n) is 9.51. The third-order valence-corrected chi connectivity index (χ3v) is 2.38. The van der Waals surface area contributed by atoms with E-state index in [1.165, 1.54) is 25.3 Å². The standard InChI is InChI=1S/C13H10F3NO/c1-18-12-6-5-8(7-11(12)16)17-13-9(14)3-2-4-10(13)15/h2-7,17H,1H3. The van der Waals surface area contributed by atoms with Gasteiger partial charge in [0.1, 0.15) is 17.3 Å². The van der Waals surface area contributed by atoms with E-state index in [0.717, 1.165) is 18.2 Å². The van der Waals surface area contributed by atoms with Crippen LogP contribution in [0.3, 0.4) is 0 Å². The summed E-state index contributed by atoms with van der Waals surface area (Å²) in [5.74, 6) is -2.04. The first kappa shape index (κ1) is 12.3. The number of nitrogens with one attached hydrogen (secondary N) is 1. The van der Waals surface area contributed by atoms with E-state index in [-0.39, 0.29) is 17.1 Å². The minimum absolute atomic E-state index is 0.0644. The highest BCUT2D eigenvalue weighted by atomic mass is 19.1. The van der Waals surface area contributed by atoms with E-state index in [1.807, 2.05) is 0 Å². The molecule has 18 heavy (non-hydrogen) atoms. The van der Waals surface area contributed by atoms with Gasteiger partial charge in [-0.1, -0.05) is 6.07 Å². The molecular formula is C13H10F3NO. The first-order valence-corrected chi connectivity index (χ1v) is 5.16. The fraction of sp³-hybridized carbons (Fsp3) is 0.0769. The van der Waals surface area contributed by atoms with E-state index in [9.17, 15) is 13.2 Å².